The quantitative estimate of drug-likeness (QED) is 0.681. The summed E-state index contributed by atoms with van der Waals surface area (Å²) in [5.41, 5.74) is 1.88. The fraction of sp³-hybridized carbons (Fsp3) is 0.421. The van der Waals surface area contributed by atoms with Gasteiger partial charge in [-0.05, 0) is 27.0 Å². The molecule has 0 aromatic carbocycles. The van der Waals surface area contributed by atoms with E-state index in [0.717, 1.165) is 35.9 Å². The number of hydrogen-bond acceptors (Lipinski definition) is 5. The second-order valence-electron chi connectivity index (χ2n) is 7.16. The standard InChI is InChI=1S/C19H23N5O3/c1-12-9-14(13(2)27-12)16-11-24-10-15(20-17(24)19(26)22(16)4)18(25)23-7-5-21(3)6-8-23/h9-11H,5-8H2,1-4H3. The van der Waals surface area contributed by atoms with Crippen molar-refractivity contribution in [2.75, 3.05) is 33.2 Å². The number of furan rings is 1. The van der Waals surface area contributed by atoms with E-state index < -0.39 is 0 Å². The maximum absolute atomic E-state index is 12.8. The molecular formula is C19H23N5O3. The van der Waals surface area contributed by atoms with Crippen molar-refractivity contribution in [1.82, 2.24) is 23.8 Å². The smallest absolute Gasteiger partial charge is 0.294 e. The Hall–Kier alpha value is -2.87. The number of nitrogens with zero attached hydrogens (tertiary/aromatic N) is 5. The van der Waals surface area contributed by atoms with Crippen LogP contribution in [0.15, 0.2) is 27.7 Å². The molecule has 3 aromatic rings. The first-order chi connectivity index (χ1) is 12.8. The predicted octanol–water partition coefficient (Wildman–Crippen LogP) is 1.30. The lowest BCUT2D eigenvalue weighted by Crippen LogP contribution is -2.47. The van der Waals surface area contributed by atoms with Crippen LogP contribution in [0, 0.1) is 13.8 Å². The third-order valence-corrected chi connectivity index (χ3v) is 5.18. The minimum Gasteiger partial charge on any atom is -0.466 e. The topological polar surface area (TPSA) is 76.0 Å². The highest BCUT2D eigenvalue weighted by atomic mass is 16.3. The normalized spacial score (nSPS) is 15.6. The summed E-state index contributed by atoms with van der Waals surface area (Å²) in [6.07, 6.45) is 3.46. The van der Waals surface area contributed by atoms with E-state index >= 15 is 0 Å². The van der Waals surface area contributed by atoms with Gasteiger partial charge in [0, 0.05) is 51.2 Å². The summed E-state index contributed by atoms with van der Waals surface area (Å²) in [6.45, 7) is 6.75. The van der Waals surface area contributed by atoms with Crippen LogP contribution in [0.1, 0.15) is 22.0 Å². The van der Waals surface area contributed by atoms with Crippen molar-refractivity contribution in [1.29, 1.82) is 0 Å². The molecule has 0 atom stereocenters. The van der Waals surface area contributed by atoms with E-state index in [1.54, 1.807) is 27.1 Å². The van der Waals surface area contributed by atoms with Crippen LogP contribution < -0.4 is 5.56 Å². The Bertz CT molecular complexity index is 1080. The summed E-state index contributed by atoms with van der Waals surface area (Å²) in [5, 5.41) is 0. The summed E-state index contributed by atoms with van der Waals surface area (Å²) in [7, 11) is 3.74. The number of imidazole rings is 1. The van der Waals surface area contributed by atoms with Crippen LogP contribution in [0.2, 0.25) is 0 Å². The van der Waals surface area contributed by atoms with Crippen LogP contribution in [0.5, 0.6) is 0 Å². The van der Waals surface area contributed by atoms with Gasteiger partial charge in [-0.2, -0.15) is 0 Å². The van der Waals surface area contributed by atoms with E-state index in [1.807, 2.05) is 33.2 Å². The number of carbonyl (C=O) groups excluding carboxylic acids is 1. The van der Waals surface area contributed by atoms with Gasteiger partial charge in [0.25, 0.3) is 11.5 Å². The fourth-order valence-electron chi connectivity index (χ4n) is 3.54. The van der Waals surface area contributed by atoms with Crippen LogP contribution in [0.3, 0.4) is 0 Å². The molecule has 27 heavy (non-hydrogen) atoms. The van der Waals surface area contributed by atoms with Gasteiger partial charge in [-0.3, -0.25) is 14.0 Å². The first kappa shape index (κ1) is 17.5. The van der Waals surface area contributed by atoms with Gasteiger partial charge >= 0.3 is 0 Å². The van der Waals surface area contributed by atoms with E-state index in [0.29, 0.717) is 18.8 Å². The molecule has 0 N–H and O–H groups in total. The van der Waals surface area contributed by atoms with E-state index in [2.05, 4.69) is 9.88 Å². The minimum absolute atomic E-state index is 0.134. The molecule has 4 heterocycles. The fourth-order valence-corrected chi connectivity index (χ4v) is 3.54. The molecule has 1 amide bonds. The number of carbonyl (C=O) groups is 1. The monoisotopic (exact) mass is 369 g/mol. The minimum atomic E-state index is -0.247. The largest absolute Gasteiger partial charge is 0.466 e. The number of rotatable bonds is 2. The Morgan fingerprint density at radius 3 is 2.44 bits per heavy atom. The van der Waals surface area contributed by atoms with Crippen molar-refractivity contribution in [2.45, 2.75) is 13.8 Å². The first-order valence-corrected chi connectivity index (χ1v) is 8.99. The highest BCUT2D eigenvalue weighted by molar-refractivity contribution is 5.93. The molecule has 1 aliphatic rings. The summed E-state index contributed by atoms with van der Waals surface area (Å²) in [6, 6.07) is 1.91. The Balaban J connectivity index is 1.77. The number of aryl methyl sites for hydroxylation is 2. The van der Waals surface area contributed by atoms with Gasteiger partial charge in [0.05, 0.1) is 5.69 Å². The molecular weight excluding hydrogens is 346 g/mol. The van der Waals surface area contributed by atoms with Crippen LogP contribution in [0.4, 0.5) is 0 Å². The van der Waals surface area contributed by atoms with Crippen molar-refractivity contribution in [2.24, 2.45) is 7.05 Å². The number of likely N-dealkylation sites (N-methyl/N-ethyl adjacent to an activating group) is 1. The Morgan fingerprint density at radius 1 is 1.11 bits per heavy atom. The summed E-state index contributed by atoms with van der Waals surface area (Å²) >= 11 is 0. The van der Waals surface area contributed by atoms with Gasteiger partial charge in [0.2, 0.25) is 5.65 Å². The molecule has 0 saturated carbocycles. The molecule has 0 unspecified atom stereocenters. The molecule has 1 saturated heterocycles. The SMILES string of the molecule is Cc1cc(-c2cn3cc(C(=O)N4CCN(C)CC4)nc3c(=O)n2C)c(C)o1. The first-order valence-electron chi connectivity index (χ1n) is 8.99. The zero-order valence-electron chi connectivity index (χ0n) is 16.0. The van der Waals surface area contributed by atoms with Crippen molar-refractivity contribution < 1.29 is 9.21 Å². The molecule has 8 heteroatoms. The second-order valence-corrected chi connectivity index (χ2v) is 7.16. The van der Waals surface area contributed by atoms with Gasteiger partial charge in [-0.25, -0.2) is 4.98 Å². The van der Waals surface area contributed by atoms with Crippen LogP contribution in [-0.2, 0) is 7.05 Å². The molecule has 0 aliphatic carbocycles. The molecule has 8 nitrogen and oxygen atoms in total. The van der Waals surface area contributed by atoms with Crippen molar-refractivity contribution in [3.8, 4) is 11.3 Å². The average molecular weight is 369 g/mol. The van der Waals surface area contributed by atoms with Gasteiger partial charge in [0.15, 0.2) is 0 Å². The lowest BCUT2D eigenvalue weighted by atomic mass is 10.2. The Morgan fingerprint density at radius 2 is 1.81 bits per heavy atom. The third-order valence-electron chi connectivity index (χ3n) is 5.18. The molecule has 0 radical (unpaired) electrons. The zero-order valence-corrected chi connectivity index (χ0v) is 16.0. The molecule has 142 valence electrons. The summed E-state index contributed by atoms with van der Waals surface area (Å²) < 4.78 is 8.79. The van der Waals surface area contributed by atoms with Crippen molar-refractivity contribution in [3.63, 3.8) is 0 Å². The number of piperazine rings is 1. The lowest BCUT2D eigenvalue weighted by Gasteiger charge is -2.31. The van der Waals surface area contributed by atoms with E-state index in [4.69, 9.17) is 4.42 Å². The highest BCUT2D eigenvalue weighted by Gasteiger charge is 2.24. The van der Waals surface area contributed by atoms with Crippen LogP contribution in [0.25, 0.3) is 16.9 Å². The van der Waals surface area contributed by atoms with Gasteiger partial charge < -0.3 is 18.8 Å². The third kappa shape index (κ3) is 2.95. The number of amides is 1. The Kier molecular flexibility index (Phi) is 4.15. The maximum Gasteiger partial charge on any atom is 0.294 e. The lowest BCUT2D eigenvalue weighted by molar-refractivity contribution is 0.0659. The number of aromatic nitrogens is 3. The van der Waals surface area contributed by atoms with E-state index in [-0.39, 0.29) is 17.1 Å². The molecule has 1 fully saturated rings. The van der Waals surface area contributed by atoms with E-state index in [9.17, 15) is 9.59 Å². The van der Waals surface area contributed by atoms with Gasteiger partial charge in [0.1, 0.15) is 17.2 Å². The summed E-state index contributed by atoms with van der Waals surface area (Å²) in [4.78, 5) is 33.9. The average Bonchev–Trinajstić information content (AvgIpc) is 3.21. The maximum atomic E-state index is 12.8. The highest BCUT2D eigenvalue weighted by Crippen LogP contribution is 2.25. The zero-order chi connectivity index (χ0) is 19.3. The molecule has 3 aromatic heterocycles. The molecule has 4 rings (SSSR count). The number of fused-ring (bicyclic) bond motifs is 1. The van der Waals surface area contributed by atoms with Crippen molar-refractivity contribution in [3.05, 3.63) is 46.0 Å². The predicted molar refractivity (Wildman–Crippen MR) is 101 cm³/mol. The second kappa shape index (κ2) is 6.38. The van der Waals surface area contributed by atoms with E-state index in [1.165, 1.54) is 0 Å². The van der Waals surface area contributed by atoms with Crippen LogP contribution in [-0.4, -0.2) is 62.9 Å². The Labute approximate surface area is 156 Å². The van der Waals surface area contributed by atoms with Crippen LogP contribution >= 0.6 is 0 Å². The molecule has 0 spiro atoms. The van der Waals surface area contributed by atoms with Gasteiger partial charge in [-0.15, -0.1) is 0 Å². The van der Waals surface area contributed by atoms with Gasteiger partial charge in [-0.1, -0.05) is 0 Å². The summed E-state index contributed by atoms with van der Waals surface area (Å²) in [5.74, 6) is 1.40. The van der Waals surface area contributed by atoms with Crippen molar-refractivity contribution >= 4 is 11.6 Å². The number of hydrogen-bond donors (Lipinski definition) is 0. The molecule has 1 aliphatic heterocycles. The molecule has 0 bridgehead atoms.